The minimum Gasteiger partial charge on any atom is -0.497 e. The molecular formula is C25H38N2O2. The maximum Gasteiger partial charge on any atom is 0.118 e. The molecule has 2 aromatic rings. The number of nitrogens with one attached hydrogen (secondary N) is 2. The Morgan fingerprint density at radius 2 is 1.00 bits per heavy atom. The summed E-state index contributed by atoms with van der Waals surface area (Å²) >= 11 is 0. The number of hydrogen-bond acceptors (Lipinski definition) is 4. The van der Waals surface area contributed by atoms with Gasteiger partial charge < -0.3 is 20.1 Å². The first-order valence-electron chi connectivity index (χ1n) is 9.96. The molecule has 0 aromatic heterocycles. The van der Waals surface area contributed by atoms with Gasteiger partial charge >= 0.3 is 0 Å². The standard InChI is InChI=1S/C18H24N2O2.C4H8.C3H6/c1-21-17-7-3-15(4-8-17)13-19-11-12-20-14-16-5-9-18(22-2)10-6-16;1-3-4-2;1-3-2/h3-10,19-20H,11-14H2,1-2H3;3-4H,1-2H3;3H,1H2,2H3/b;4-3-;. The Balaban J connectivity index is 0.000000975. The highest BCUT2D eigenvalue weighted by molar-refractivity contribution is 5.27. The molecule has 0 radical (unpaired) electrons. The van der Waals surface area contributed by atoms with Crippen molar-refractivity contribution < 1.29 is 9.47 Å². The van der Waals surface area contributed by atoms with Gasteiger partial charge in [0.2, 0.25) is 0 Å². The number of ether oxygens (including phenoxy) is 2. The Morgan fingerprint density at radius 3 is 1.24 bits per heavy atom. The molecule has 160 valence electrons. The molecule has 29 heavy (non-hydrogen) atoms. The first kappa shape index (κ1) is 26.4. The summed E-state index contributed by atoms with van der Waals surface area (Å²) < 4.78 is 10.3. The Hall–Kier alpha value is -2.56. The summed E-state index contributed by atoms with van der Waals surface area (Å²) in [6, 6.07) is 16.3. The highest BCUT2D eigenvalue weighted by atomic mass is 16.5. The lowest BCUT2D eigenvalue weighted by molar-refractivity contribution is 0.414. The Labute approximate surface area is 177 Å². The van der Waals surface area contributed by atoms with Crippen molar-refractivity contribution in [2.75, 3.05) is 27.3 Å². The molecule has 0 aliphatic heterocycles. The summed E-state index contributed by atoms with van der Waals surface area (Å²) in [7, 11) is 3.36. The average Bonchev–Trinajstić information content (AvgIpc) is 2.77. The van der Waals surface area contributed by atoms with Gasteiger partial charge in [0.15, 0.2) is 0 Å². The third-order valence-corrected chi connectivity index (χ3v) is 3.79. The van der Waals surface area contributed by atoms with Crippen LogP contribution in [0.4, 0.5) is 0 Å². The van der Waals surface area contributed by atoms with E-state index >= 15 is 0 Å². The van der Waals surface area contributed by atoms with Crippen LogP contribution >= 0.6 is 0 Å². The van der Waals surface area contributed by atoms with Crippen molar-refractivity contribution in [3.05, 3.63) is 84.5 Å². The first-order valence-corrected chi connectivity index (χ1v) is 9.96. The van der Waals surface area contributed by atoms with Crippen LogP contribution in [0.15, 0.2) is 73.3 Å². The van der Waals surface area contributed by atoms with Crippen molar-refractivity contribution in [2.24, 2.45) is 0 Å². The molecule has 0 fully saturated rings. The fourth-order valence-corrected chi connectivity index (χ4v) is 2.13. The molecular weight excluding hydrogens is 360 g/mol. The van der Waals surface area contributed by atoms with Crippen molar-refractivity contribution in [1.29, 1.82) is 0 Å². The predicted molar refractivity (Wildman–Crippen MR) is 126 cm³/mol. The van der Waals surface area contributed by atoms with Gasteiger partial charge in [0.25, 0.3) is 0 Å². The van der Waals surface area contributed by atoms with Crippen LogP contribution in [0.5, 0.6) is 11.5 Å². The number of allylic oxidation sites excluding steroid dienone is 3. The van der Waals surface area contributed by atoms with Crippen LogP contribution in [0, 0.1) is 0 Å². The van der Waals surface area contributed by atoms with Crippen molar-refractivity contribution in [3.8, 4) is 11.5 Å². The molecule has 2 aromatic carbocycles. The van der Waals surface area contributed by atoms with E-state index < -0.39 is 0 Å². The smallest absolute Gasteiger partial charge is 0.118 e. The molecule has 0 bridgehead atoms. The number of benzene rings is 2. The van der Waals surface area contributed by atoms with Gasteiger partial charge in [0.05, 0.1) is 14.2 Å². The van der Waals surface area contributed by atoms with Gasteiger partial charge in [0.1, 0.15) is 11.5 Å². The zero-order chi connectivity index (χ0) is 21.7. The molecule has 2 rings (SSSR count). The lowest BCUT2D eigenvalue weighted by atomic mass is 10.2. The lowest BCUT2D eigenvalue weighted by Crippen LogP contribution is -2.26. The normalized spacial score (nSPS) is 9.69. The zero-order valence-electron chi connectivity index (χ0n) is 18.7. The van der Waals surface area contributed by atoms with Crippen LogP contribution in [0.3, 0.4) is 0 Å². The highest BCUT2D eigenvalue weighted by Gasteiger charge is 1.96. The van der Waals surface area contributed by atoms with Crippen LogP contribution in [0.25, 0.3) is 0 Å². The third-order valence-electron chi connectivity index (χ3n) is 3.79. The monoisotopic (exact) mass is 398 g/mol. The van der Waals surface area contributed by atoms with Gasteiger partial charge in [-0.05, 0) is 56.2 Å². The van der Waals surface area contributed by atoms with Gasteiger partial charge in [-0.1, -0.05) is 42.5 Å². The second kappa shape index (κ2) is 18.8. The summed E-state index contributed by atoms with van der Waals surface area (Å²) in [4.78, 5) is 0. The minimum atomic E-state index is 0.869. The third kappa shape index (κ3) is 14.1. The van der Waals surface area contributed by atoms with Crippen molar-refractivity contribution in [2.45, 2.75) is 33.9 Å². The number of rotatable bonds is 9. The van der Waals surface area contributed by atoms with E-state index in [-0.39, 0.29) is 0 Å². The van der Waals surface area contributed by atoms with E-state index in [4.69, 9.17) is 9.47 Å². The van der Waals surface area contributed by atoms with Crippen LogP contribution in [-0.4, -0.2) is 27.3 Å². The molecule has 0 atom stereocenters. The van der Waals surface area contributed by atoms with Crippen LogP contribution in [-0.2, 0) is 13.1 Å². The molecule has 4 nitrogen and oxygen atoms in total. The lowest BCUT2D eigenvalue weighted by Gasteiger charge is -2.08. The van der Waals surface area contributed by atoms with Crippen LogP contribution in [0.1, 0.15) is 31.9 Å². The van der Waals surface area contributed by atoms with Gasteiger partial charge in [0, 0.05) is 26.2 Å². The van der Waals surface area contributed by atoms with Gasteiger partial charge in [-0.2, -0.15) is 0 Å². The fourth-order valence-electron chi connectivity index (χ4n) is 2.13. The molecule has 0 saturated heterocycles. The largest absolute Gasteiger partial charge is 0.497 e. The molecule has 0 aliphatic carbocycles. The quantitative estimate of drug-likeness (QED) is 0.441. The van der Waals surface area contributed by atoms with E-state index in [1.807, 2.05) is 57.2 Å². The Morgan fingerprint density at radius 1 is 0.690 bits per heavy atom. The predicted octanol–water partition coefficient (Wildman–Crippen LogP) is 5.36. The van der Waals surface area contributed by atoms with E-state index in [2.05, 4.69) is 41.5 Å². The summed E-state index contributed by atoms with van der Waals surface area (Å²) in [5, 5.41) is 6.84. The van der Waals surface area contributed by atoms with Gasteiger partial charge in [-0.3, -0.25) is 0 Å². The summed E-state index contributed by atoms with van der Waals surface area (Å²) in [6.45, 7) is 12.9. The van der Waals surface area contributed by atoms with Crippen molar-refractivity contribution in [1.82, 2.24) is 10.6 Å². The van der Waals surface area contributed by atoms with Crippen molar-refractivity contribution >= 4 is 0 Å². The highest BCUT2D eigenvalue weighted by Crippen LogP contribution is 2.11. The first-order chi connectivity index (χ1) is 14.1. The van der Waals surface area contributed by atoms with E-state index in [1.165, 1.54) is 11.1 Å². The van der Waals surface area contributed by atoms with E-state index in [9.17, 15) is 0 Å². The Kier molecular flexibility index (Phi) is 17.1. The maximum atomic E-state index is 5.15. The molecule has 0 spiro atoms. The molecule has 0 aliphatic rings. The maximum absolute atomic E-state index is 5.15. The topological polar surface area (TPSA) is 42.5 Å². The molecule has 4 heteroatoms. The van der Waals surface area contributed by atoms with Crippen molar-refractivity contribution in [3.63, 3.8) is 0 Å². The van der Waals surface area contributed by atoms with Gasteiger partial charge in [-0.15, -0.1) is 6.58 Å². The van der Waals surface area contributed by atoms with Crippen LogP contribution in [0.2, 0.25) is 0 Å². The molecule has 0 unspecified atom stereocenters. The SMILES string of the molecule is C/C=C\C.C=CC.COc1ccc(CNCCNCc2ccc(OC)cc2)cc1. The summed E-state index contributed by atoms with van der Waals surface area (Å²) in [5.41, 5.74) is 2.52. The molecule has 2 N–H and O–H groups in total. The van der Waals surface area contributed by atoms with Gasteiger partial charge in [-0.25, -0.2) is 0 Å². The summed E-state index contributed by atoms with van der Waals surface area (Å²) in [5.74, 6) is 1.79. The molecule has 0 amide bonds. The van der Waals surface area contributed by atoms with E-state index in [0.29, 0.717) is 0 Å². The number of hydrogen-bond donors (Lipinski definition) is 2. The second-order valence-corrected chi connectivity index (χ2v) is 6.12. The molecule has 0 heterocycles. The van der Waals surface area contributed by atoms with Crippen LogP contribution < -0.4 is 20.1 Å². The second-order valence-electron chi connectivity index (χ2n) is 6.12. The Bertz CT molecular complexity index is 594. The van der Waals surface area contributed by atoms with E-state index in [1.54, 1.807) is 20.3 Å². The minimum absolute atomic E-state index is 0.869. The summed E-state index contributed by atoms with van der Waals surface area (Å²) in [6.07, 6.45) is 5.75. The van der Waals surface area contributed by atoms with E-state index in [0.717, 1.165) is 37.7 Å². The zero-order valence-corrected chi connectivity index (χ0v) is 18.7. The average molecular weight is 399 g/mol. The number of methoxy groups -OCH3 is 2. The fraction of sp³-hybridized carbons (Fsp3) is 0.360. The molecule has 0 saturated carbocycles.